The summed E-state index contributed by atoms with van der Waals surface area (Å²) in [6.45, 7) is 2.07. The Balaban J connectivity index is 1.52. The maximum absolute atomic E-state index is 13.0. The van der Waals surface area contributed by atoms with Crippen molar-refractivity contribution >= 4 is 17.2 Å². The third-order valence-corrected chi connectivity index (χ3v) is 6.38. The average Bonchev–Trinajstić information content (AvgIpc) is 3.18. The number of carbonyl (C=O) groups is 1. The molecule has 0 unspecified atom stereocenters. The second-order valence-electron chi connectivity index (χ2n) is 6.57. The van der Waals surface area contributed by atoms with E-state index in [1.54, 1.807) is 23.5 Å². The lowest BCUT2D eigenvalue weighted by molar-refractivity contribution is -0.0906. The molecule has 2 aromatic heterocycles. The zero-order valence-corrected chi connectivity index (χ0v) is 15.8. The zero-order valence-electron chi connectivity index (χ0n) is 15.0. The summed E-state index contributed by atoms with van der Waals surface area (Å²) in [5, 5.41) is 2.15. The molecule has 0 radical (unpaired) electrons. The molecule has 0 N–H and O–H groups in total. The Morgan fingerprint density at radius 2 is 2.04 bits per heavy atom. The smallest absolute Gasteiger partial charge is 0.259 e. The number of pyridine rings is 1. The lowest BCUT2D eigenvalue weighted by Crippen LogP contribution is -2.48. The number of thiophene rings is 1. The van der Waals surface area contributed by atoms with E-state index < -0.39 is 0 Å². The first-order chi connectivity index (χ1) is 12.7. The van der Waals surface area contributed by atoms with E-state index >= 15 is 0 Å². The fraction of sp³-hybridized carbons (Fsp3) is 0.474. The quantitative estimate of drug-likeness (QED) is 0.827. The van der Waals surface area contributed by atoms with Crippen LogP contribution in [0.4, 0.5) is 0 Å². The molecule has 2 aliphatic rings. The van der Waals surface area contributed by atoms with Crippen LogP contribution < -0.4 is 9.47 Å². The number of nitrogens with zero attached hydrogens (tertiary/aromatic N) is 2. The number of hydrogen-bond acceptors (Lipinski definition) is 6. The standard InChI is InChI=1S/C19H22N2O4S/c1-23-15-4-3-14(17(20-15)24-2)18(22)21-9-7-19(8-10-21)16-13(5-11-25-19)6-12-26-16/h3-4,6,12H,5,7-11H2,1-2H3. The fourth-order valence-electron chi connectivity index (χ4n) is 3.82. The van der Waals surface area contributed by atoms with Crippen LogP contribution >= 0.6 is 11.3 Å². The summed E-state index contributed by atoms with van der Waals surface area (Å²) >= 11 is 1.77. The van der Waals surface area contributed by atoms with E-state index in [1.165, 1.54) is 24.7 Å². The minimum atomic E-state index is -0.221. The van der Waals surface area contributed by atoms with Gasteiger partial charge < -0.3 is 19.1 Å². The van der Waals surface area contributed by atoms with Crippen molar-refractivity contribution in [2.45, 2.75) is 24.9 Å². The predicted octanol–water partition coefficient (Wildman–Crippen LogP) is 2.86. The van der Waals surface area contributed by atoms with Gasteiger partial charge >= 0.3 is 0 Å². The van der Waals surface area contributed by atoms with E-state index in [0.717, 1.165) is 25.9 Å². The van der Waals surface area contributed by atoms with Gasteiger partial charge in [0.05, 0.1) is 20.8 Å². The Morgan fingerprint density at radius 1 is 1.23 bits per heavy atom. The minimum absolute atomic E-state index is 0.0611. The molecule has 4 rings (SSSR count). The number of likely N-dealkylation sites (tertiary alicyclic amines) is 1. The second kappa shape index (κ2) is 6.89. The number of rotatable bonds is 3. The van der Waals surface area contributed by atoms with E-state index in [4.69, 9.17) is 14.2 Å². The monoisotopic (exact) mass is 374 g/mol. The van der Waals surface area contributed by atoms with E-state index in [1.807, 2.05) is 4.90 Å². The maximum Gasteiger partial charge on any atom is 0.259 e. The molecule has 1 amide bonds. The van der Waals surface area contributed by atoms with Crippen LogP contribution in [0, 0.1) is 0 Å². The molecule has 26 heavy (non-hydrogen) atoms. The number of carbonyl (C=O) groups excluding carboxylic acids is 1. The molecule has 4 heterocycles. The van der Waals surface area contributed by atoms with Gasteiger partial charge in [0.2, 0.25) is 11.8 Å². The molecule has 7 heteroatoms. The van der Waals surface area contributed by atoms with Gasteiger partial charge in [-0.15, -0.1) is 11.3 Å². The summed E-state index contributed by atoms with van der Waals surface area (Å²) in [5.74, 6) is 0.662. The van der Waals surface area contributed by atoms with Crippen LogP contribution in [0.1, 0.15) is 33.6 Å². The van der Waals surface area contributed by atoms with Crippen LogP contribution in [0.2, 0.25) is 0 Å². The number of amides is 1. The molecular weight excluding hydrogens is 352 g/mol. The van der Waals surface area contributed by atoms with Gasteiger partial charge in [0.25, 0.3) is 5.91 Å². The summed E-state index contributed by atoms with van der Waals surface area (Å²) in [6, 6.07) is 5.60. The first-order valence-electron chi connectivity index (χ1n) is 8.76. The molecule has 2 aliphatic heterocycles. The van der Waals surface area contributed by atoms with Crippen LogP contribution in [-0.2, 0) is 16.8 Å². The lowest BCUT2D eigenvalue weighted by Gasteiger charge is -2.43. The largest absolute Gasteiger partial charge is 0.481 e. The predicted molar refractivity (Wildman–Crippen MR) is 98.1 cm³/mol. The van der Waals surface area contributed by atoms with Crippen LogP contribution in [0.5, 0.6) is 11.8 Å². The Morgan fingerprint density at radius 3 is 2.77 bits per heavy atom. The highest BCUT2D eigenvalue weighted by molar-refractivity contribution is 7.10. The highest BCUT2D eigenvalue weighted by atomic mass is 32.1. The minimum Gasteiger partial charge on any atom is -0.481 e. The second-order valence-corrected chi connectivity index (χ2v) is 7.49. The van der Waals surface area contributed by atoms with Gasteiger partial charge in [-0.25, -0.2) is 0 Å². The molecule has 0 aliphatic carbocycles. The highest BCUT2D eigenvalue weighted by Gasteiger charge is 2.42. The number of hydrogen-bond donors (Lipinski definition) is 0. The first-order valence-corrected chi connectivity index (χ1v) is 9.64. The molecule has 138 valence electrons. The maximum atomic E-state index is 13.0. The Kier molecular flexibility index (Phi) is 4.58. The van der Waals surface area contributed by atoms with Crippen LogP contribution in [0.3, 0.4) is 0 Å². The topological polar surface area (TPSA) is 60.9 Å². The van der Waals surface area contributed by atoms with Gasteiger partial charge in [0.1, 0.15) is 11.2 Å². The van der Waals surface area contributed by atoms with Crippen molar-refractivity contribution in [2.75, 3.05) is 33.9 Å². The fourth-order valence-corrected chi connectivity index (χ4v) is 4.99. The molecule has 6 nitrogen and oxygen atoms in total. The normalized spacial score (nSPS) is 18.5. The summed E-state index contributed by atoms with van der Waals surface area (Å²) in [5.41, 5.74) is 1.65. The molecule has 0 aromatic carbocycles. The number of aromatic nitrogens is 1. The molecule has 0 atom stereocenters. The van der Waals surface area contributed by atoms with E-state index in [0.29, 0.717) is 30.4 Å². The van der Waals surface area contributed by atoms with E-state index in [-0.39, 0.29) is 11.5 Å². The zero-order chi connectivity index (χ0) is 18.1. The number of piperidine rings is 1. The van der Waals surface area contributed by atoms with Crippen molar-refractivity contribution in [3.05, 3.63) is 39.6 Å². The number of ether oxygens (including phenoxy) is 3. The van der Waals surface area contributed by atoms with Crippen molar-refractivity contribution in [1.82, 2.24) is 9.88 Å². The summed E-state index contributed by atoms with van der Waals surface area (Å²) in [4.78, 5) is 20.4. The molecule has 1 spiro atoms. The van der Waals surface area contributed by atoms with E-state index in [9.17, 15) is 4.79 Å². The van der Waals surface area contributed by atoms with Gasteiger partial charge in [0, 0.05) is 24.0 Å². The van der Waals surface area contributed by atoms with Gasteiger partial charge in [-0.1, -0.05) is 0 Å². The first kappa shape index (κ1) is 17.3. The number of methoxy groups -OCH3 is 2. The van der Waals surface area contributed by atoms with Gasteiger partial charge in [0.15, 0.2) is 0 Å². The van der Waals surface area contributed by atoms with Crippen molar-refractivity contribution in [3.63, 3.8) is 0 Å². The molecule has 1 saturated heterocycles. The number of fused-ring (bicyclic) bond motifs is 2. The summed E-state index contributed by atoms with van der Waals surface area (Å²) in [7, 11) is 3.05. The van der Waals surface area contributed by atoms with Gasteiger partial charge in [-0.05, 0) is 42.3 Å². The van der Waals surface area contributed by atoms with Crippen molar-refractivity contribution in [1.29, 1.82) is 0 Å². The Hall–Kier alpha value is -2.12. The van der Waals surface area contributed by atoms with Crippen molar-refractivity contribution in [3.8, 4) is 11.8 Å². The van der Waals surface area contributed by atoms with Crippen molar-refractivity contribution < 1.29 is 19.0 Å². The Bertz CT molecular complexity index is 812. The van der Waals surface area contributed by atoms with Crippen LogP contribution in [0.25, 0.3) is 0 Å². The van der Waals surface area contributed by atoms with E-state index in [2.05, 4.69) is 16.4 Å². The molecule has 0 saturated carbocycles. The average molecular weight is 374 g/mol. The molecular formula is C19H22N2O4S. The third kappa shape index (κ3) is 2.85. The molecule has 1 fully saturated rings. The molecule has 0 bridgehead atoms. The van der Waals surface area contributed by atoms with Crippen LogP contribution in [-0.4, -0.2) is 49.7 Å². The van der Waals surface area contributed by atoms with Gasteiger partial charge in [-0.3, -0.25) is 4.79 Å². The molecule has 2 aromatic rings. The van der Waals surface area contributed by atoms with Gasteiger partial charge in [-0.2, -0.15) is 4.98 Å². The van der Waals surface area contributed by atoms with Crippen molar-refractivity contribution in [2.24, 2.45) is 0 Å². The highest BCUT2D eigenvalue weighted by Crippen LogP contribution is 2.44. The van der Waals surface area contributed by atoms with Crippen LogP contribution in [0.15, 0.2) is 23.6 Å². The third-order valence-electron chi connectivity index (χ3n) is 5.24. The summed E-state index contributed by atoms with van der Waals surface area (Å²) in [6.07, 6.45) is 2.62. The lowest BCUT2D eigenvalue weighted by atomic mass is 9.85. The summed E-state index contributed by atoms with van der Waals surface area (Å²) < 4.78 is 16.6. The SMILES string of the molecule is COc1ccc(C(=O)N2CCC3(CC2)OCCc2ccsc23)c(OC)n1. The Labute approximate surface area is 156 Å².